The molecule has 126 valence electrons. The normalized spacial score (nSPS) is 19.5. The van der Waals surface area contributed by atoms with E-state index in [4.69, 9.17) is 14.5 Å². The highest BCUT2D eigenvalue weighted by Crippen LogP contribution is 2.37. The number of fused-ring (bicyclic) bond motifs is 1. The van der Waals surface area contributed by atoms with Gasteiger partial charge in [0, 0.05) is 24.4 Å². The van der Waals surface area contributed by atoms with Crippen molar-refractivity contribution in [1.82, 2.24) is 9.88 Å². The Bertz CT molecular complexity index is 758. The fourth-order valence-electron chi connectivity index (χ4n) is 3.30. The maximum atomic E-state index is 13.0. The smallest absolute Gasteiger partial charge is 0.257 e. The number of likely N-dealkylation sites (tertiary alicyclic amines) is 1. The lowest BCUT2D eigenvalue weighted by molar-refractivity contribution is 0.0702. The summed E-state index contributed by atoms with van der Waals surface area (Å²) in [6, 6.07) is 5.49. The molecule has 1 aromatic carbocycles. The van der Waals surface area contributed by atoms with Crippen molar-refractivity contribution in [3.05, 3.63) is 39.8 Å². The highest BCUT2D eigenvalue weighted by Gasteiger charge is 2.30. The zero-order valence-electron chi connectivity index (χ0n) is 13.7. The van der Waals surface area contributed by atoms with Gasteiger partial charge in [-0.3, -0.25) is 4.79 Å². The molecule has 2 aliphatic rings. The van der Waals surface area contributed by atoms with E-state index in [0.29, 0.717) is 23.0 Å². The third-order valence-corrected chi connectivity index (χ3v) is 5.67. The Morgan fingerprint density at radius 2 is 2.33 bits per heavy atom. The van der Waals surface area contributed by atoms with Gasteiger partial charge in [0.15, 0.2) is 11.5 Å². The number of carbonyl (C=O) groups is 1. The molecule has 0 spiro atoms. The van der Waals surface area contributed by atoms with Crippen molar-refractivity contribution >= 4 is 17.2 Å². The summed E-state index contributed by atoms with van der Waals surface area (Å²) in [6.45, 7) is 3.81. The topological polar surface area (TPSA) is 51.7 Å². The van der Waals surface area contributed by atoms with Crippen LogP contribution in [0.3, 0.4) is 0 Å². The third-order valence-electron chi connectivity index (χ3n) is 4.62. The van der Waals surface area contributed by atoms with Crippen LogP contribution in [0, 0.1) is 0 Å². The minimum atomic E-state index is 0.0225. The Hall–Kier alpha value is -2.08. The van der Waals surface area contributed by atoms with Gasteiger partial charge in [0.2, 0.25) is 6.79 Å². The van der Waals surface area contributed by atoms with E-state index in [-0.39, 0.29) is 12.7 Å². The fraction of sp³-hybridized carbons (Fsp3) is 0.444. The first-order chi connectivity index (χ1) is 11.8. The summed E-state index contributed by atoms with van der Waals surface area (Å²) >= 11 is 1.72. The van der Waals surface area contributed by atoms with Crippen LogP contribution in [0.25, 0.3) is 0 Å². The predicted molar refractivity (Wildman–Crippen MR) is 91.9 cm³/mol. The Morgan fingerprint density at radius 1 is 1.42 bits per heavy atom. The molecule has 2 aromatic rings. The number of ether oxygens (including phenoxy) is 2. The monoisotopic (exact) mass is 344 g/mol. The number of piperidine rings is 1. The number of benzene rings is 1. The Balaban J connectivity index is 1.54. The largest absolute Gasteiger partial charge is 0.454 e. The molecular formula is C18H20N2O3S. The zero-order valence-corrected chi connectivity index (χ0v) is 14.5. The number of thiazole rings is 1. The first kappa shape index (κ1) is 15.4. The molecule has 1 fully saturated rings. The van der Waals surface area contributed by atoms with E-state index in [1.54, 1.807) is 11.3 Å². The van der Waals surface area contributed by atoms with Gasteiger partial charge in [0.25, 0.3) is 5.91 Å². The number of amides is 1. The molecular weight excluding hydrogens is 324 g/mol. The highest BCUT2D eigenvalue weighted by atomic mass is 32.1. The number of hydrogen-bond donors (Lipinski definition) is 0. The molecule has 5 nitrogen and oxygen atoms in total. The van der Waals surface area contributed by atoms with E-state index in [9.17, 15) is 4.79 Å². The van der Waals surface area contributed by atoms with Gasteiger partial charge >= 0.3 is 0 Å². The minimum Gasteiger partial charge on any atom is -0.454 e. The summed E-state index contributed by atoms with van der Waals surface area (Å²) in [5.74, 6) is 1.59. The number of hydrogen-bond acceptors (Lipinski definition) is 5. The van der Waals surface area contributed by atoms with Gasteiger partial charge in [0.1, 0.15) is 0 Å². The van der Waals surface area contributed by atoms with Crippen molar-refractivity contribution in [2.75, 3.05) is 19.9 Å². The van der Waals surface area contributed by atoms with Crippen LogP contribution in [0.4, 0.5) is 0 Å². The van der Waals surface area contributed by atoms with Crippen LogP contribution < -0.4 is 9.47 Å². The molecule has 3 heterocycles. The first-order valence-electron chi connectivity index (χ1n) is 8.38. The first-order valence-corrected chi connectivity index (χ1v) is 9.26. The molecule has 0 radical (unpaired) electrons. The summed E-state index contributed by atoms with van der Waals surface area (Å²) in [5, 5.41) is 3.29. The molecule has 0 aliphatic carbocycles. The average Bonchev–Trinajstić information content (AvgIpc) is 3.30. The highest BCUT2D eigenvalue weighted by molar-refractivity contribution is 7.09. The summed E-state index contributed by atoms with van der Waals surface area (Å²) in [6.07, 6.45) is 3.05. The predicted octanol–water partition coefficient (Wildman–Crippen LogP) is 3.45. The summed E-state index contributed by atoms with van der Waals surface area (Å²) in [5.41, 5.74) is 1.74. The second-order valence-corrected chi connectivity index (χ2v) is 7.05. The molecule has 1 aromatic heterocycles. The molecule has 0 unspecified atom stereocenters. The molecule has 0 bridgehead atoms. The maximum Gasteiger partial charge on any atom is 0.257 e. The maximum absolute atomic E-state index is 13.0. The SMILES string of the molecule is CCc1csc([C@H]2CCCN(C(=O)c3cccc4c3OCO4)C2)n1. The lowest BCUT2D eigenvalue weighted by Gasteiger charge is -2.32. The number of nitrogens with zero attached hydrogens (tertiary/aromatic N) is 2. The van der Waals surface area contributed by atoms with Crippen molar-refractivity contribution in [3.63, 3.8) is 0 Å². The number of para-hydroxylation sites is 1. The summed E-state index contributed by atoms with van der Waals surface area (Å²) in [7, 11) is 0. The van der Waals surface area contributed by atoms with Gasteiger partial charge in [-0.25, -0.2) is 4.98 Å². The molecule has 1 amide bonds. The molecule has 0 saturated carbocycles. The number of aromatic nitrogens is 1. The Morgan fingerprint density at radius 3 is 3.17 bits per heavy atom. The molecule has 1 atom stereocenters. The van der Waals surface area contributed by atoms with E-state index in [1.807, 2.05) is 23.1 Å². The van der Waals surface area contributed by atoms with Crippen molar-refractivity contribution in [3.8, 4) is 11.5 Å². The van der Waals surface area contributed by atoms with Crippen LogP contribution in [-0.2, 0) is 6.42 Å². The van der Waals surface area contributed by atoms with Crippen LogP contribution in [-0.4, -0.2) is 35.7 Å². The van der Waals surface area contributed by atoms with Crippen molar-refractivity contribution in [2.45, 2.75) is 32.1 Å². The van der Waals surface area contributed by atoms with Crippen LogP contribution in [0.2, 0.25) is 0 Å². The van der Waals surface area contributed by atoms with E-state index in [1.165, 1.54) is 0 Å². The molecule has 2 aliphatic heterocycles. The van der Waals surface area contributed by atoms with Crippen LogP contribution in [0.5, 0.6) is 11.5 Å². The minimum absolute atomic E-state index is 0.0225. The fourth-order valence-corrected chi connectivity index (χ4v) is 4.34. The van der Waals surface area contributed by atoms with Crippen LogP contribution >= 0.6 is 11.3 Å². The standard InChI is InChI=1S/C18H20N2O3S/c1-2-13-10-24-17(19-13)12-5-4-8-20(9-12)18(21)14-6-3-7-15-16(14)23-11-22-15/h3,6-7,10,12H,2,4-5,8-9,11H2,1H3/t12-/m0/s1. The van der Waals surface area contributed by atoms with E-state index in [0.717, 1.165) is 43.1 Å². The molecule has 6 heteroatoms. The second kappa shape index (κ2) is 6.43. The number of aryl methyl sites for hydroxylation is 1. The Kier molecular flexibility index (Phi) is 4.14. The van der Waals surface area contributed by atoms with Crippen molar-refractivity contribution in [1.29, 1.82) is 0 Å². The van der Waals surface area contributed by atoms with Crippen LogP contribution in [0.1, 0.15) is 46.7 Å². The number of carbonyl (C=O) groups excluding carboxylic acids is 1. The van der Waals surface area contributed by atoms with Crippen molar-refractivity contribution < 1.29 is 14.3 Å². The van der Waals surface area contributed by atoms with Gasteiger partial charge in [-0.05, 0) is 31.4 Å². The van der Waals surface area contributed by atoms with Gasteiger partial charge in [-0.2, -0.15) is 0 Å². The van der Waals surface area contributed by atoms with Gasteiger partial charge in [-0.1, -0.05) is 13.0 Å². The summed E-state index contributed by atoms with van der Waals surface area (Å²) < 4.78 is 10.9. The van der Waals surface area contributed by atoms with E-state index in [2.05, 4.69) is 12.3 Å². The van der Waals surface area contributed by atoms with Gasteiger partial charge in [0.05, 0.1) is 16.3 Å². The molecule has 24 heavy (non-hydrogen) atoms. The molecule has 4 rings (SSSR count). The van der Waals surface area contributed by atoms with Gasteiger partial charge < -0.3 is 14.4 Å². The third kappa shape index (κ3) is 2.75. The quantitative estimate of drug-likeness (QED) is 0.856. The average molecular weight is 344 g/mol. The Labute approximate surface area is 145 Å². The second-order valence-electron chi connectivity index (χ2n) is 6.16. The lowest BCUT2D eigenvalue weighted by atomic mass is 9.98. The van der Waals surface area contributed by atoms with Crippen LogP contribution in [0.15, 0.2) is 23.6 Å². The van der Waals surface area contributed by atoms with E-state index < -0.39 is 0 Å². The van der Waals surface area contributed by atoms with E-state index >= 15 is 0 Å². The zero-order chi connectivity index (χ0) is 16.5. The van der Waals surface area contributed by atoms with Crippen molar-refractivity contribution in [2.24, 2.45) is 0 Å². The lowest BCUT2D eigenvalue weighted by Crippen LogP contribution is -2.39. The van der Waals surface area contributed by atoms with Gasteiger partial charge in [-0.15, -0.1) is 11.3 Å². The molecule has 0 N–H and O–H groups in total. The summed E-state index contributed by atoms with van der Waals surface area (Å²) in [4.78, 5) is 19.6. The number of rotatable bonds is 3. The molecule has 1 saturated heterocycles.